The zero-order valence-corrected chi connectivity index (χ0v) is 25.5. The number of halogens is 1. The molecule has 214 valence electrons. The Morgan fingerprint density at radius 3 is 2.15 bits per heavy atom. The molecular formula is C31H38ClN3O4S. The van der Waals surface area contributed by atoms with E-state index in [0.29, 0.717) is 10.7 Å². The largest absolute Gasteiger partial charge is 0.352 e. The van der Waals surface area contributed by atoms with E-state index in [1.807, 2.05) is 40.7 Å². The molecule has 40 heavy (non-hydrogen) atoms. The fraction of sp³-hybridized carbons (Fsp3) is 0.355. The van der Waals surface area contributed by atoms with Gasteiger partial charge in [0.2, 0.25) is 11.8 Å². The second kappa shape index (κ2) is 13.3. The lowest BCUT2D eigenvalue weighted by molar-refractivity contribution is -0.139. The smallest absolute Gasteiger partial charge is 0.264 e. The van der Waals surface area contributed by atoms with E-state index in [-0.39, 0.29) is 23.4 Å². The molecule has 3 aromatic rings. The van der Waals surface area contributed by atoms with E-state index < -0.39 is 28.5 Å². The predicted molar refractivity (Wildman–Crippen MR) is 161 cm³/mol. The second-order valence-corrected chi connectivity index (χ2v) is 12.5. The normalized spacial score (nSPS) is 12.9. The summed E-state index contributed by atoms with van der Waals surface area (Å²) in [5.74, 6) is -0.810. The third-order valence-corrected chi connectivity index (χ3v) is 9.19. The molecule has 3 rings (SSSR count). The molecule has 0 radical (unpaired) electrons. The summed E-state index contributed by atoms with van der Waals surface area (Å²) >= 11 is 6.06. The average molecular weight is 584 g/mol. The molecule has 0 spiro atoms. The molecule has 0 saturated heterocycles. The molecule has 9 heteroatoms. The van der Waals surface area contributed by atoms with Crippen molar-refractivity contribution in [2.45, 2.75) is 71.5 Å². The third kappa shape index (κ3) is 7.43. The molecule has 3 aromatic carbocycles. The monoisotopic (exact) mass is 583 g/mol. The molecule has 0 fully saturated rings. The van der Waals surface area contributed by atoms with E-state index in [0.717, 1.165) is 33.0 Å². The summed E-state index contributed by atoms with van der Waals surface area (Å²) < 4.78 is 29.2. The maximum Gasteiger partial charge on any atom is 0.264 e. The van der Waals surface area contributed by atoms with Crippen LogP contribution in [0.1, 0.15) is 49.4 Å². The Labute approximate surface area is 243 Å². The number of benzene rings is 3. The molecule has 0 aliphatic carbocycles. The van der Waals surface area contributed by atoms with Crippen LogP contribution < -0.4 is 9.62 Å². The SMILES string of the molecule is CCC(C)NC(=O)C(C)N(Cc1ccc(Cl)cc1)C(=O)CN(c1cccc(C)c1C)S(=O)(=O)c1ccc(C)cc1. The van der Waals surface area contributed by atoms with Crippen molar-refractivity contribution in [2.24, 2.45) is 0 Å². The number of anilines is 1. The molecule has 0 saturated carbocycles. The van der Waals surface area contributed by atoms with Gasteiger partial charge in [-0.15, -0.1) is 0 Å². The summed E-state index contributed by atoms with van der Waals surface area (Å²) in [4.78, 5) is 28.7. The van der Waals surface area contributed by atoms with Crippen molar-refractivity contribution in [2.75, 3.05) is 10.8 Å². The van der Waals surface area contributed by atoms with E-state index in [2.05, 4.69) is 5.32 Å². The van der Waals surface area contributed by atoms with E-state index >= 15 is 0 Å². The molecule has 1 N–H and O–H groups in total. The van der Waals surface area contributed by atoms with Gasteiger partial charge in [-0.25, -0.2) is 8.42 Å². The van der Waals surface area contributed by atoms with Gasteiger partial charge in [0.05, 0.1) is 10.6 Å². The molecule has 2 amide bonds. The lowest BCUT2D eigenvalue weighted by atomic mass is 10.1. The third-order valence-electron chi connectivity index (χ3n) is 7.17. The summed E-state index contributed by atoms with van der Waals surface area (Å²) in [6.07, 6.45) is 0.735. The first-order valence-corrected chi connectivity index (χ1v) is 15.2. The van der Waals surface area contributed by atoms with Crippen molar-refractivity contribution in [1.29, 1.82) is 0 Å². The molecule has 2 unspecified atom stereocenters. The molecule has 0 aliphatic rings. The van der Waals surface area contributed by atoms with Crippen LogP contribution in [0.15, 0.2) is 71.6 Å². The lowest BCUT2D eigenvalue weighted by Crippen LogP contribution is -2.52. The minimum atomic E-state index is -4.12. The van der Waals surface area contributed by atoms with Gasteiger partial charge in [-0.3, -0.25) is 13.9 Å². The van der Waals surface area contributed by atoms with Gasteiger partial charge in [-0.2, -0.15) is 0 Å². The standard InChI is InChI=1S/C31H38ClN3O4S/c1-7-23(4)33-31(37)25(6)34(19-26-13-15-27(32)16-14-26)30(36)20-35(29-10-8-9-22(3)24(29)5)40(38,39)28-17-11-21(2)12-18-28/h8-18,23,25H,7,19-20H2,1-6H3,(H,33,37). The van der Waals surface area contributed by atoms with Crippen LogP contribution in [0.5, 0.6) is 0 Å². The van der Waals surface area contributed by atoms with Gasteiger partial charge in [0.1, 0.15) is 12.6 Å². The number of amides is 2. The topological polar surface area (TPSA) is 86.8 Å². The van der Waals surface area contributed by atoms with E-state index in [1.54, 1.807) is 67.6 Å². The molecule has 0 bridgehead atoms. The Morgan fingerprint density at radius 1 is 0.925 bits per heavy atom. The Bertz CT molecular complexity index is 1440. The summed E-state index contributed by atoms with van der Waals surface area (Å²) in [5.41, 5.74) is 3.74. The first-order valence-electron chi connectivity index (χ1n) is 13.3. The zero-order chi connectivity index (χ0) is 29.6. The number of hydrogen-bond donors (Lipinski definition) is 1. The van der Waals surface area contributed by atoms with Crippen LogP contribution in [0.2, 0.25) is 5.02 Å². The highest BCUT2D eigenvalue weighted by Gasteiger charge is 2.33. The highest BCUT2D eigenvalue weighted by atomic mass is 35.5. The van der Waals surface area contributed by atoms with Gasteiger partial charge in [0.15, 0.2) is 0 Å². The highest BCUT2D eigenvalue weighted by Crippen LogP contribution is 2.29. The number of hydrogen-bond acceptors (Lipinski definition) is 4. The fourth-order valence-electron chi connectivity index (χ4n) is 4.19. The average Bonchev–Trinajstić information content (AvgIpc) is 2.92. The van der Waals surface area contributed by atoms with Crippen LogP contribution in [-0.2, 0) is 26.2 Å². The molecular weight excluding hydrogens is 546 g/mol. The fourth-order valence-corrected chi connectivity index (χ4v) is 5.79. The van der Waals surface area contributed by atoms with E-state index in [1.165, 1.54) is 4.90 Å². The number of nitrogens with one attached hydrogen (secondary N) is 1. The molecule has 2 atom stereocenters. The van der Waals surface area contributed by atoms with Gasteiger partial charge in [-0.05, 0) is 88.1 Å². The number of carbonyl (C=O) groups is 2. The summed E-state index contributed by atoms with van der Waals surface area (Å²) in [5, 5.41) is 3.49. The van der Waals surface area contributed by atoms with Gasteiger partial charge < -0.3 is 10.2 Å². The first-order chi connectivity index (χ1) is 18.8. The zero-order valence-electron chi connectivity index (χ0n) is 23.9. The Balaban J connectivity index is 2.06. The van der Waals surface area contributed by atoms with E-state index in [9.17, 15) is 18.0 Å². The van der Waals surface area contributed by atoms with Crippen molar-refractivity contribution in [3.8, 4) is 0 Å². The van der Waals surface area contributed by atoms with Crippen molar-refractivity contribution in [3.05, 3.63) is 94.0 Å². The van der Waals surface area contributed by atoms with Gasteiger partial charge in [-0.1, -0.05) is 60.5 Å². The van der Waals surface area contributed by atoms with Crippen molar-refractivity contribution in [1.82, 2.24) is 10.2 Å². The van der Waals surface area contributed by atoms with Crippen molar-refractivity contribution < 1.29 is 18.0 Å². The van der Waals surface area contributed by atoms with Gasteiger partial charge in [0, 0.05) is 17.6 Å². The number of sulfonamides is 1. The molecule has 0 aliphatic heterocycles. The predicted octanol–water partition coefficient (Wildman–Crippen LogP) is 5.79. The first kappa shape index (κ1) is 31.2. The molecule has 7 nitrogen and oxygen atoms in total. The minimum Gasteiger partial charge on any atom is -0.352 e. The van der Waals surface area contributed by atoms with Crippen molar-refractivity contribution >= 4 is 39.1 Å². The number of nitrogens with zero attached hydrogens (tertiary/aromatic N) is 2. The Morgan fingerprint density at radius 2 is 1.55 bits per heavy atom. The van der Waals surface area contributed by atoms with Crippen LogP contribution >= 0.6 is 11.6 Å². The number of aryl methyl sites for hydroxylation is 2. The summed E-state index contributed by atoms with van der Waals surface area (Å²) in [7, 11) is -4.12. The Kier molecular flexibility index (Phi) is 10.4. The second-order valence-electron chi connectivity index (χ2n) is 10.2. The summed E-state index contributed by atoms with van der Waals surface area (Å²) in [6, 6.07) is 18.0. The maximum absolute atomic E-state index is 14.0. The highest BCUT2D eigenvalue weighted by molar-refractivity contribution is 7.92. The van der Waals surface area contributed by atoms with Gasteiger partial charge in [0.25, 0.3) is 10.0 Å². The summed E-state index contributed by atoms with van der Waals surface area (Å²) in [6.45, 7) is 10.7. The van der Waals surface area contributed by atoms with Crippen LogP contribution in [-0.4, -0.2) is 43.8 Å². The Hall–Kier alpha value is -3.36. The maximum atomic E-state index is 14.0. The molecule has 0 aromatic heterocycles. The number of rotatable bonds is 11. The van der Waals surface area contributed by atoms with Crippen molar-refractivity contribution in [3.63, 3.8) is 0 Å². The van der Waals surface area contributed by atoms with Crippen LogP contribution in [0.25, 0.3) is 0 Å². The van der Waals surface area contributed by atoms with Crippen LogP contribution in [0.3, 0.4) is 0 Å². The molecule has 0 heterocycles. The number of carbonyl (C=O) groups excluding carboxylic acids is 2. The van der Waals surface area contributed by atoms with E-state index in [4.69, 9.17) is 11.6 Å². The van der Waals surface area contributed by atoms with Gasteiger partial charge >= 0.3 is 0 Å². The minimum absolute atomic E-state index is 0.0733. The van der Waals surface area contributed by atoms with Crippen LogP contribution in [0.4, 0.5) is 5.69 Å². The lowest BCUT2D eigenvalue weighted by Gasteiger charge is -2.33. The van der Waals surface area contributed by atoms with Crippen LogP contribution in [0, 0.1) is 20.8 Å². The quantitative estimate of drug-likeness (QED) is 0.309.